The fourth-order valence-corrected chi connectivity index (χ4v) is 4.13. The number of hydrogen-bond acceptors (Lipinski definition) is 3. The van der Waals surface area contributed by atoms with Crippen molar-refractivity contribution < 1.29 is 4.79 Å². The van der Waals surface area contributed by atoms with Gasteiger partial charge < -0.3 is 4.90 Å². The summed E-state index contributed by atoms with van der Waals surface area (Å²) in [4.78, 5) is 23.5. The molecule has 2 aromatic heterocycles. The molecule has 0 N–H and O–H groups in total. The molecule has 23 heavy (non-hydrogen) atoms. The lowest BCUT2D eigenvalue weighted by molar-refractivity contribution is 0.0689. The Balaban J connectivity index is 1.57. The van der Waals surface area contributed by atoms with Crippen LogP contribution in [0.15, 0.2) is 37.1 Å². The van der Waals surface area contributed by atoms with E-state index in [9.17, 15) is 4.79 Å². The quantitative estimate of drug-likeness (QED) is 0.875. The zero-order valence-corrected chi connectivity index (χ0v) is 13.3. The van der Waals surface area contributed by atoms with Crippen LogP contribution in [0.3, 0.4) is 0 Å². The number of aromatic nitrogens is 3. The molecule has 2 aliphatic rings. The first-order chi connectivity index (χ1) is 11.3. The van der Waals surface area contributed by atoms with Crippen LogP contribution < -0.4 is 0 Å². The Kier molecular flexibility index (Phi) is 3.85. The second kappa shape index (κ2) is 6.14. The highest BCUT2D eigenvalue weighted by Crippen LogP contribution is 2.36. The van der Waals surface area contributed by atoms with E-state index in [4.69, 9.17) is 0 Å². The lowest BCUT2D eigenvalue weighted by atomic mass is 9.95. The molecule has 1 unspecified atom stereocenters. The van der Waals surface area contributed by atoms with Gasteiger partial charge in [0.15, 0.2) is 0 Å². The molecule has 4 rings (SSSR count). The van der Waals surface area contributed by atoms with Crippen LogP contribution in [0.4, 0.5) is 0 Å². The largest absolute Gasteiger partial charge is 0.335 e. The molecule has 1 aliphatic carbocycles. The molecule has 1 saturated heterocycles. The highest BCUT2D eigenvalue weighted by molar-refractivity contribution is 5.95. The van der Waals surface area contributed by atoms with Crippen molar-refractivity contribution in [3.63, 3.8) is 0 Å². The van der Waals surface area contributed by atoms with Crippen molar-refractivity contribution in [2.45, 2.75) is 44.6 Å². The molecule has 0 aromatic carbocycles. The minimum absolute atomic E-state index is 0.156. The topological polar surface area (TPSA) is 51.0 Å². The standard InChI is InChI=1S/C18H22N4O/c23-18(22-10-3-6-16(22)14-4-1-2-5-14)15-7-8-20-17(12-15)21-11-9-19-13-21/h7-9,11-14,16H,1-6,10H2. The van der Waals surface area contributed by atoms with Gasteiger partial charge in [0, 0.05) is 36.7 Å². The third kappa shape index (κ3) is 2.76. The summed E-state index contributed by atoms with van der Waals surface area (Å²) in [6.07, 6.45) is 14.5. The van der Waals surface area contributed by atoms with E-state index in [1.54, 1.807) is 18.7 Å². The van der Waals surface area contributed by atoms with Crippen molar-refractivity contribution in [2.75, 3.05) is 6.54 Å². The molecule has 0 bridgehead atoms. The van der Waals surface area contributed by atoms with Crippen molar-refractivity contribution in [1.29, 1.82) is 0 Å². The van der Waals surface area contributed by atoms with Gasteiger partial charge in [0.1, 0.15) is 12.1 Å². The first-order valence-electron chi connectivity index (χ1n) is 8.58. The predicted molar refractivity (Wildman–Crippen MR) is 87.4 cm³/mol. The fourth-order valence-electron chi connectivity index (χ4n) is 4.13. The number of imidazole rings is 1. The second-order valence-electron chi connectivity index (χ2n) is 6.63. The summed E-state index contributed by atoms with van der Waals surface area (Å²) in [5.41, 5.74) is 0.730. The Morgan fingerprint density at radius 1 is 1.13 bits per heavy atom. The number of nitrogens with zero attached hydrogens (tertiary/aromatic N) is 4. The molecule has 0 spiro atoms. The molecule has 120 valence electrons. The summed E-state index contributed by atoms with van der Waals surface area (Å²) < 4.78 is 1.83. The van der Waals surface area contributed by atoms with Gasteiger partial charge in [0.25, 0.3) is 5.91 Å². The highest BCUT2D eigenvalue weighted by atomic mass is 16.2. The van der Waals surface area contributed by atoms with E-state index in [-0.39, 0.29) is 5.91 Å². The lowest BCUT2D eigenvalue weighted by Crippen LogP contribution is -2.39. The summed E-state index contributed by atoms with van der Waals surface area (Å²) in [5, 5.41) is 0. The molecule has 1 amide bonds. The summed E-state index contributed by atoms with van der Waals surface area (Å²) in [6.45, 7) is 0.892. The Morgan fingerprint density at radius 3 is 2.78 bits per heavy atom. The summed E-state index contributed by atoms with van der Waals surface area (Å²) in [6, 6.07) is 4.13. The Morgan fingerprint density at radius 2 is 2.00 bits per heavy atom. The maximum absolute atomic E-state index is 13.0. The van der Waals surface area contributed by atoms with Gasteiger partial charge in [0.05, 0.1) is 0 Å². The zero-order chi connectivity index (χ0) is 15.6. The highest BCUT2D eigenvalue weighted by Gasteiger charge is 2.36. The zero-order valence-electron chi connectivity index (χ0n) is 13.3. The maximum atomic E-state index is 13.0. The Hall–Kier alpha value is -2.17. The number of amides is 1. The van der Waals surface area contributed by atoms with Gasteiger partial charge in [-0.1, -0.05) is 12.8 Å². The number of hydrogen-bond donors (Lipinski definition) is 0. The van der Waals surface area contributed by atoms with Crippen molar-refractivity contribution in [3.8, 4) is 5.82 Å². The van der Waals surface area contributed by atoms with Crippen molar-refractivity contribution in [1.82, 2.24) is 19.4 Å². The average Bonchev–Trinajstić information content (AvgIpc) is 3.35. The van der Waals surface area contributed by atoms with E-state index in [0.717, 1.165) is 30.8 Å². The van der Waals surface area contributed by atoms with E-state index in [1.807, 2.05) is 22.9 Å². The van der Waals surface area contributed by atoms with Gasteiger partial charge in [-0.3, -0.25) is 9.36 Å². The number of carbonyl (C=O) groups excluding carboxylic acids is 1. The summed E-state index contributed by atoms with van der Waals surface area (Å²) in [5.74, 6) is 1.60. The van der Waals surface area contributed by atoms with E-state index in [0.29, 0.717) is 12.0 Å². The smallest absolute Gasteiger partial charge is 0.254 e. The molecule has 2 aromatic rings. The van der Waals surface area contributed by atoms with Crippen LogP contribution >= 0.6 is 0 Å². The van der Waals surface area contributed by atoms with Crippen LogP contribution in [-0.4, -0.2) is 37.9 Å². The molecule has 3 heterocycles. The van der Waals surface area contributed by atoms with Crippen molar-refractivity contribution >= 4 is 5.91 Å². The monoisotopic (exact) mass is 310 g/mol. The van der Waals surface area contributed by atoms with Gasteiger partial charge in [0.2, 0.25) is 0 Å². The van der Waals surface area contributed by atoms with Crippen LogP contribution in [0.2, 0.25) is 0 Å². The molecule has 2 fully saturated rings. The van der Waals surface area contributed by atoms with Gasteiger partial charge in [-0.25, -0.2) is 9.97 Å². The van der Waals surface area contributed by atoms with Crippen LogP contribution in [0.5, 0.6) is 0 Å². The molecule has 1 aliphatic heterocycles. The van der Waals surface area contributed by atoms with E-state index in [1.165, 1.54) is 25.7 Å². The molecular formula is C18H22N4O. The van der Waals surface area contributed by atoms with E-state index < -0.39 is 0 Å². The average molecular weight is 310 g/mol. The fraction of sp³-hybridized carbons (Fsp3) is 0.500. The van der Waals surface area contributed by atoms with Crippen LogP contribution in [0.25, 0.3) is 5.82 Å². The minimum atomic E-state index is 0.156. The van der Waals surface area contributed by atoms with Crippen molar-refractivity contribution in [3.05, 3.63) is 42.6 Å². The third-order valence-electron chi connectivity index (χ3n) is 5.27. The number of rotatable bonds is 3. The maximum Gasteiger partial charge on any atom is 0.254 e. The molecule has 5 heteroatoms. The Labute approximate surface area is 136 Å². The van der Waals surface area contributed by atoms with Crippen LogP contribution in [-0.2, 0) is 0 Å². The van der Waals surface area contributed by atoms with Crippen molar-refractivity contribution in [2.24, 2.45) is 5.92 Å². The number of likely N-dealkylation sites (tertiary alicyclic amines) is 1. The minimum Gasteiger partial charge on any atom is -0.335 e. The predicted octanol–water partition coefficient (Wildman–Crippen LogP) is 3.06. The number of carbonyl (C=O) groups is 1. The third-order valence-corrected chi connectivity index (χ3v) is 5.27. The van der Waals surface area contributed by atoms with Gasteiger partial charge in [-0.05, 0) is 43.7 Å². The lowest BCUT2D eigenvalue weighted by Gasteiger charge is -2.29. The SMILES string of the molecule is O=C(c1ccnc(-n2ccnc2)c1)N1CCCC1C1CCCC1. The normalized spacial score (nSPS) is 21.9. The van der Waals surface area contributed by atoms with Gasteiger partial charge >= 0.3 is 0 Å². The van der Waals surface area contributed by atoms with E-state index >= 15 is 0 Å². The first-order valence-corrected chi connectivity index (χ1v) is 8.58. The molecule has 0 radical (unpaired) electrons. The Bertz CT molecular complexity index is 676. The van der Waals surface area contributed by atoms with Gasteiger partial charge in [-0.2, -0.15) is 0 Å². The van der Waals surface area contributed by atoms with Crippen LogP contribution in [0.1, 0.15) is 48.9 Å². The van der Waals surface area contributed by atoms with Crippen LogP contribution in [0, 0.1) is 5.92 Å². The molecular weight excluding hydrogens is 288 g/mol. The molecule has 5 nitrogen and oxygen atoms in total. The first kappa shape index (κ1) is 14.4. The van der Waals surface area contributed by atoms with Gasteiger partial charge in [-0.15, -0.1) is 0 Å². The molecule has 1 saturated carbocycles. The molecule has 1 atom stereocenters. The van der Waals surface area contributed by atoms with E-state index in [2.05, 4.69) is 14.9 Å². The number of pyridine rings is 1. The summed E-state index contributed by atoms with van der Waals surface area (Å²) >= 11 is 0. The summed E-state index contributed by atoms with van der Waals surface area (Å²) in [7, 11) is 0. The second-order valence-corrected chi connectivity index (χ2v) is 6.63.